The molecule has 1 rings (SSSR count). The lowest BCUT2D eigenvalue weighted by Crippen LogP contribution is -2.19. The molecule has 1 aromatic rings. The molecule has 0 bridgehead atoms. The molecular formula is C13H16FNO4S. The molecule has 5 nitrogen and oxygen atoms in total. The van der Waals surface area contributed by atoms with Crippen LogP contribution in [0.3, 0.4) is 0 Å². The molecule has 20 heavy (non-hydrogen) atoms. The molecule has 0 aromatic heterocycles. The number of amides is 1. The zero-order valence-electron chi connectivity index (χ0n) is 11.2. The minimum Gasteiger partial charge on any atom is -0.469 e. The first-order valence-electron chi connectivity index (χ1n) is 5.87. The van der Waals surface area contributed by atoms with Gasteiger partial charge >= 0.3 is 5.97 Å². The summed E-state index contributed by atoms with van der Waals surface area (Å²) < 4.78 is 30.1. The second-order valence-electron chi connectivity index (χ2n) is 4.29. The Morgan fingerprint density at radius 3 is 2.65 bits per heavy atom. The van der Waals surface area contributed by atoms with Crippen molar-refractivity contribution < 1.29 is 22.9 Å². The standard InChI is InChI=1S/C13H16FNO4S/c1-8(5-12(16)19-2)20(18)7-10-6-9(13(15)17)3-4-11(10)14/h3-4,6,8H,5,7H2,1-2H3,(H2,15,17). The van der Waals surface area contributed by atoms with Crippen molar-refractivity contribution in [1.29, 1.82) is 0 Å². The molecule has 0 saturated heterocycles. The fourth-order valence-electron chi connectivity index (χ4n) is 1.55. The Balaban J connectivity index is 2.82. The highest BCUT2D eigenvalue weighted by molar-refractivity contribution is 7.84. The van der Waals surface area contributed by atoms with Crippen molar-refractivity contribution in [2.24, 2.45) is 5.73 Å². The van der Waals surface area contributed by atoms with Gasteiger partial charge < -0.3 is 10.5 Å². The van der Waals surface area contributed by atoms with Crippen molar-refractivity contribution >= 4 is 22.7 Å². The van der Waals surface area contributed by atoms with Crippen molar-refractivity contribution in [2.75, 3.05) is 7.11 Å². The lowest BCUT2D eigenvalue weighted by molar-refractivity contribution is -0.140. The predicted octanol–water partition coefficient (Wildman–Crippen LogP) is 1.12. The summed E-state index contributed by atoms with van der Waals surface area (Å²) in [6, 6.07) is 3.65. The number of halogens is 1. The van der Waals surface area contributed by atoms with Gasteiger partial charge in [-0.25, -0.2) is 4.39 Å². The monoisotopic (exact) mass is 301 g/mol. The Bertz CT molecular complexity index is 547. The SMILES string of the molecule is COC(=O)CC(C)S(=O)Cc1cc(C(N)=O)ccc1F. The molecule has 0 radical (unpaired) electrons. The molecule has 0 fully saturated rings. The van der Waals surface area contributed by atoms with E-state index in [4.69, 9.17) is 5.73 Å². The molecule has 110 valence electrons. The third-order valence-corrected chi connectivity index (χ3v) is 4.42. The van der Waals surface area contributed by atoms with Crippen LogP contribution in [0.15, 0.2) is 18.2 Å². The number of carbonyl (C=O) groups is 2. The molecule has 1 aromatic carbocycles. The van der Waals surface area contributed by atoms with Crippen LogP contribution < -0.4 is 5.73 Å². The average molecular weight is 301 g/mol. The number of ether oxygens (including phenoxy) is 1. The van der Waals surface area contributed by atoms with E-state index < -0.39 is 33.7 Å². The van der Waals surface area contributed by atoms with Crippen LogP contribution >= 0.6 is 0 Å². The Kier molecular flexibility index (Phi) is 5.82. The molecule has 0 heterocycles. The van der Waals surface area contributed by atoms with Crippen LogP contribution in [0.4, 0.5) is 4.39 Å². The molecule has 0 aliphatic rings. The van der Waals surface area contributed by atoms with Crippen LogP contribution in [0.1, 0.15) is 29.3 Å². The third-order valence-electron chi connectivity index (χ3n) is 2.76. The summed E-state index contributed by atoms with van der Waals surface area (Å²) in [6.07, 6.45) is -0.0137. The van der Waals surface area contributed by atoms with Gasteiger partial charge in [0, 0.05) is 27.2 Å². The first-order valence-corrected chi connectivity index (χ1v) is 7.25. The average Bonchev–Trinajstić information content (AvgIpc) is 2.40. The summed E-state index contributed by atoms with van der Waals surface area (Å²) in [5, 5.41) is -0.473. The Hall–Kier alpha value is -1.76. The predicted molar refractivity (Wildman–Crippen MR) is 72.9 cm³/mol. The molecule has 0 saturated carbocycles. The van der Waals surface area contributed by atoms with Crippen LogP contribution in [0.5, 0.6) is 0 Å². The molecular weight excluding hydrogens is 285 g/mol. The molecule has 2 unspecified atom stereocenters. The van der Waals surface area contributed by atoms with Crippen LogP contribution in [0.25, 0.3) is 0 Å². The van der Waals surface area contributed by atoms with E-state index >= 15 is 0 Å². The lowest BCUT2D eigenvalue weighted by atomic mass is 10.1. The van der Waals surface area contributed by atoms with Crippen molar-refractivity contribution in [3.63, 3.8) is 0 Å². The van der Waals surface area contributed by atoms with E-state index in [-0.39, 0.29) is 23.3 Å². The van der Waals surface area contributed by atoms with Gasteiger partial charge in [-0.15, -0.1) is 0 Å². The lowest BCUT2D eigenvalue weighted by Gasteiger charge is -2.11. The highest BCUT2D eigenvalue weighted by Crippen LogP contribution is 2.15. The van der Waals surface area contributed by atoms with Gasteiger partial charge in [0.05, 0.1) is 19.3 Å². The van der Waals surface area contributed by atoms with Crippen LogP contribution in [0.2, 0.25) is 0 Å². The smallest absolute Gasteiger partial charge is 0.306 e. The summed E-state index contributed by atoms with van der Waals surface area (Å²) in [5.41, 5.74) is 5.40. The second kappa shape index (κ2) is 7.14. The quantitative estimate of drug-likeness (QED) is 0.798. The summed E-state index contributed by atoms with van der Waals surface area (Å²) in [5.74, 6) is -1.81. The van der Waals surface area contributed by atoms with Crippen LogP contribution in [0, 0.1) is 5.82 Å². The van der Waals surface area contributed by atoms with Gasteiger partial charge in [-0.2, -0.15) is 0 Å². The Morgan fingerprint density at radius 1 is 1.45 bits per heavy atom. The fraction of sp³-hybridized carbons (Fsp3) is 0.385. The van der Waals surface area contributed by atoms with E-state index in [1.165, 1.54) is 19.2 Å². The van der Waals surface area contributed by atoms with E-state index in [0.29, 0.717) is 0 Å². The maximum absolute atomic E-state index is 13.6. The van der Waals surface area contributed by atoms with Gasteiger partial charge in [-0.3, -0.25) is 13.8 Å². The van der Waals surface area contributed by atoms with Gasteiger partial charge in [0.2, 0.25) is 5.91 Å². The largest absolute Gasteiger partial charge is 0.469 e. The molecule has 0 aliphatic carbocycles. The fourth-order valence-corrected chi connectivity index (χ4v) is 2.68. The number of carbonyl (C=O) groups excluding carboxylic acids is 2. The summed E-state index contributed by atoms with van der Waals surface area (Å²) in [4.78, 5) is 22.1. The molecule has 2 atom stereocenters. The van der Waals surface area contributed by atoms with Gasteiger partial charge in [-0.1, -0.05) is 6.92 Å². The topological polar surface area (TPSA) is 86.5 Å². The summed E-state index contributed by atoms with van der Waals surface area (Å²) >= 11 is 0. The van der Waals surface area contributed by atoms with Crippen molar-refractivity contribution in [2.45, 2.75) is 24.3 Å². The van der Waals surface area contributed by atoms with Crippen molar-refractivity contribution in [3.8, 4) is 0 Å². The maximum Gasteiger partial charge on any atom is 0.306 e. The minimum absolute atomic E-state index is 0.0137. The van der Waals surface area contributed by atoms with Gasteiger partial charge in [0.1, 0.15) is 5.82 Å². The number of methoxy groups -OCH3 is 1. The third kappa shape index (κ3) is 4.41. The van der Waals surface area contributed by atoms with Crippen molar-refractivity contribution in [3.05, 3.63) is 35.1 Å². The number of nitrogens with two attached hydrogens (primary N) is 1. The molecule has 0 aliphatic heterocycles. The first kappa shape index (κ1) is 16.3. The molecule has 0 spiro atoms. The first-order chi connectivity index (χ1) is 9.35. The number of benzene rings is 1. The molecule has 2 N–H and O–H groups in total. The van der Waals surface area contributed by atoms with Crippen molar-refractivity contribution in [1.82, 2.24) is 0 Å². The second-order valence-corrected chi connectivity index (χ2v) is 6.14. The molecule has 1 amide bonds. The normalized spacial score (nSPS) is 13.6. The van der Waals surface area contributed by atoms with Gasteiger partial charge in [-0.05, 0) is 18.2 Å². The van der Waals surface area contributed by atoms with E-state index in [2.05, 4.69) is 4.74 Å². The van der Waals surface area contributed by atoms with E-state index in [1.54, 1.807) is 6.92 Å². The van der Waals surface area contributed by atoms with Gasteiger partial charge in [0.25, 0.3) is 0 Å². The highest BCUT2D eigenvalue weighted by atomic mass is 32.2. The highest BCUT2D eigenvalue weighted by Gasteiger charge is 2.18. The zero-order valence-corrected chi connectivity index (χ0v) is 12.0. The minimum atomic E-state index is -1.46. The number of primary amides is 1. The number of esters is 1. The van der Waals surface area contributed by atoms with Gasteiger partial charge in [0.15, 0.2) is 0 Å². The number of hydrogen-bond donors (Lipinski definition) is 1. The van der Waals surface area contributed by atoms with E-state index in [1.807, 2.05) is 0 Å². The van der Waals surface area contributed by atoms with E-state index in [9.17, 15) is 18.2 Å². The van der Waals surface area contributed by atoms with E-state index in [0.717, 1.165) is 6.07 Å². The molecule has 7 heteroatoms. The Morgan fingerprint density at radius 2 is 2.10 bits per heavy atom. The Labute approximate surface area is 118 Å². The van der Waals surface area contributed by atoms with Crippen LogP contribution in [-0.2, 0) is 26.1 Å². The number of rotatable bonds is 6. The summed E-state index contributed by atoms with van der Waals surface area (Å²) in [7, 11) is -0.219. The van der Waals surface area contributed by atoms with Crippen LogP contribution in [-0.4, -0.2) is 28.4 Å². The summed E-state index contributed by atoms with van der Waals surface area (Å²) in [6.45, 7) is 1.61. The maximum atomic E-state index is 13.6. The zero-order chi connectivity index (χ0) is 15.3. The number of hydrogen-bond acceptors (Lipinski definition) is 4.